The summed E-state index contributed by atoms with van der Waals surface area (Å²) in [6, 6.07) is 9.41. The fraction of sp³-hybridized carbons (Fsp3) is 0.286. The van der Waals surface area contributed by atoms with Crippen LogP contribution < -0.4 is 15.5 Å². The quantitative estimate of drug-likeness (QED) is 0.808. The lowest BCUT2D eigenvalue weighted by Crippen LogP contribution is -2.32. The summed E-state index contributed by atoms with van der Waals surface area (Å²) < 4.78 is 27.1. The highest BCUT2D eigenvalue weighted by Gasteiger charge is 2.36. The average molecular weight is 401 g/mol. The summed E-state index contributed by atoms with van der Waals surface area (Å²) in [5, 5.41) is 5.45. The Kier molecular flexibility index (Phi) is 5.91. The van der Waals surface area contributed by atoms with Gasteiger partial charge in [0.15, 0.2) is 0 Å². The summed E-state index contributed by atoms with van der Waals surface area (Å²) in [6.07, 6.45) is -0.108. The van der Waals surface area contributed by atoms with Gasteiger partial charge < -0.3 is 15.5 Å². The van der Waals surface area contributed by atoms with E-state index in [2.05, 4.69) is 10.6 Å². The lowest BCUT2D eigenvalue weighted by Gasteiger charge is -2.18. The molecule has 0 spiro atoms. The molecule has 0 aromatic heterocycles. The van der Waals surface area contributed by atoms with Crippen molar-refractivity contribution in [1.82, 2.24) is 5.32 Å². The van der Waals surface area contributed by atoms with Crippen LogP contribution in [0.5, 0.6) is 0 Å². The number of hydrogen-bond acceptors (Lipinski definition) is 3. The van der Waals surface area contributed by atoms with Crippen LogP contribution in [0.1, 0.15) is 30.6 Å². The minimum absolute atomic E-state index is 0.0342. The standard InChI is InChI=1S/C21H21F2N3O3/c1-12(2)24-21(29)15-5-3-4-6-17(15)25-20(28)13-9-19(27)26(11-13)18-8-7-14(22)10-16(18)23/h3-8,10,12-13H,9,11H2,1-2H3,(H,24,29)(H,25,28). The molecule has 0 bridgehead atoms. The number of carbonyl (C=O) groups is 3. The van der Waals surface area contributed by atoms with E-state index < -0.39 is 29.4 Å². The smallest absolute Gasteiger partial charge is 0.253 e. The fourth-order valence-electron chi connectivity index (χ4n) is 3.18. The Balaban J connectivity index is 1.74. The summed E-state index contributed by atoms with van der Waals surface area (Å²) in [6.45, 7) is 3.62. The zero-order valence-corrected chi connectivity index (χ0v) is 16.0. The molecule has 1 aliphatic heterocycles. The molecule has 0 radical (unpaired) electrons. The van der Waals surface area contributed by atoms with E-state index in [0.717, 1.165) is 11.0 Å². The molecule has 2 N–H and O–H groups in total. The van der Waals surface area contributed by atoms with Crippen molar-refractivity contribution >= 4 is 29.1 Å². The first-order valence-corrected chi connectivity index (χ1v) is 9.22. The van der Waals surface area contributed by atoms with Gasteiger partial charge in [-0.25, -0.2) is 8.78 Å². The number of nitrogens with one attached hydrogen (secondary N) is 2. The van der Waals surface area contributed by atoms with Crippen LogP contribution in [-0.2, 0) is 9.59 Å². The van der Waals surface area contributed by atoms with Crippen LogP contribution in [0.2, 0.25) is 0 Å². The number of benzene rings is 2. The molecule has 3 rings (SSSR count). The van der Waals surface area contributed by atoms with E-state index in [1.165, 1.54) is 6.07 Å². The maximum Gasteiger partial charge on any atom is 0.253 e. The van der Waals surface area contributed by atoms with Crippen LogP contribution in [0.4, 0.5) is 20.2 Å². The third-order valence-corrected chi connectivity index (χ3v) is 4.55. The molecule has 0 aliphatic carbocycles. The van der Waals surface area contributed by atoms with Crippen molar-refractivity contribution in [1.29, 1.82) is 0 Å². The van der Waals surface area contributed by atoms with E-state index in [1.807, 2.05) is 13.8 Å². The lowest BCUT2D eigenvalue weighted by molar-refractivity contribution is -0.122. The molecule has 1 saturated heterocycles. The van der Waals surface area contributed by atoms with Gasteiger partial charge >= 0.3 is 0 Å². The third kappa shape index (κ3) is 4.59. The second-order valence-electron chi connectivity index (χ2n) is 7.16. The van der Waals surface area contributed by atoms with Crippen LogP contribution in [0.3, 0.4) is 0 Å². The average Bonchev–Trinajstić information content (AvgIpc) is 3.03. The summed E-state index contributed by atoms with van der Waals surface area (Å²) in [7, 11) is 0. The molecule has 1 unspecified atom stereocenters. The molecular weight excluding hydrogens is 380 g/mol. The normalized spacial score (nSPS) is 16.2. The monoisotopic (exact) mass is 401 g/mol. The highest BCUT2D eigenvalue weighted by Crippen LogP contribution is 2.29. The highest BCUT2D eigenvalue weighted by atomic mass is 19.1. The van der Waals surface area contributed by atoms with E-state index in [4.69, 9.17) is 0 Å². The first-order valence-electron chi connectivity index (χ1n) is 9.22. The van der Waals surface area contributed by atoms with Crippen molar-refractivity contribution in [3.8, 4) is 0 Å². The summed E-state index contributed by atoms with van der Waals surface area (Å²) >= 11 is 0. The van der Waals surface area contributed by atoms with Gasteiger partial charge in [-0.05, 0) is 38.1 Å². The van der Waals surface area contributed by atoms with E-state index in [-0.39, 0.29) is 30.6 Å². The Morgan fingerprint density at radius 1 is 1.14 bits per heavy atom. The largest absolute Gasteiger partial charge is 0.350 e. The molecule has 8 heteroatoms. The Morgan fingerprint density at radius 3 is 2.55 bits per heavy atom. The topological polar surface area (TPSA) is 78.5 Å². The van der Waals surface area contributed by atoms with Gasteiger partial charge in [0, 0.05) is 25.1 Å². The van der Waals surface area contributed by atoms with Gasteiger partial charge in [0.05, 0.1) is 22.9 Å². The van der Waals surface area contributed by atoms with Crippen molar-refractivity contribution in [2.75, 3.05) is 16.8 Å². The number of hydrogen-bond donors (Lipinski definition) is 2. The second kappa shape index (κ2) is 8.38. The second-order valence-corrected chi connectivity index (χ2v) is 7.16. The van der Waals surface area contributed by atoms with Gasteiger partial charge in [-0.1, -0.05) is 12.1 Å². The van der Waals surface area contributed by atoms with Crippen LogP contribution >= 0.6 is 0 Å². The molecule has 1 fully saturated rings. The molecule has 3 amide bonds. The Hall–Kier alpha value is -3.29. The first kappa shape index (κ1) is 20.4. The SMILES string of the molecule is CC(C)NC(=O)c1ccccc1NC(=O)C1CC(=O)N(c2ccc(F)cc2F)C1. The molecule has 1 heterocycles. The van der Waals surface area contributed by atoms with Crippen molar-refractivity contribution in [2.24, 2.45) is 5.92 Å². The molecule has 29 heavy (non-hydrogen) atoms. The fourth-order valence-corrected chi connectivity index (χ4v) is 3.18. The minimum Gasteiger partial charge on any atom is -0.350 e. The van der Waals surface area contributed by atoms with E-state index in [0.29, 0.717) is 17.3 Å². The molecule has 1 aliphatic rings. The van der Waals surface area contributed by atoms with Crippen molar-refractivity contribution in [3.05, 3.63) is 59.7 Å². The van der Waals surface area contributed by atoms with Crippen LogP contribution in [-0.4, -0.2) is 30.3 Å². The zero-order valence-electron chi connectivity index (χ0n) is 16.0. The molecule has 152 valence electrons. The molecule has 6 nitrogen and oxygen atoms in total. The molecule has 1 atom stereocenters. The Labute approximate surface area is 166 Å². The molecular formula is C21H21F2N3O3. The lowest BCUT2D eigenvalue weighted by atomic mass is 10.1. The number of rotatable bonds is 5. The first-order chi connectivity index (χ1) is 13.8. The van der Waals surface area contributed by atoms with E-state index in [9.17, 15) is 23.2 Å². The van der Waals surface area contributed by atoms with Crippen LogP contribution in [0.25, 0.3) is 0 Å². The van der Waals surface area contributed by atoms with Gasteiger partial charge in [0.2, 0.25) is 11.8 Å². The molecule has 2 aromatic rings. The van der Waals surface area contributed by atoms with Crippen molar-refractivity contribution < 1.29 is 23.2 Å². The maximum absolute atomic E-state index is 14.0. The molecule has 0 saturated carbocycles. The third-order valence-electron chi connectivity index (χ3n) is 4.55. The number of amides is 3. The van der Waals surface area contributed by atoms with Crippen LogP contribution in [0.15, 0.2) is 42.5 Å². The maximum atomic E-state index is 14.0. The summed E-state index contributed by atoms with van der Waals surface area (Å²) in [5.41, 5.74) is 0.568. The van der Waals surface area contributed by atoms with Crippen molar-refractivity contribution in [2.45, 2.75) is 26.3 Å². The highest BCUT2D eigenvalue weighted by molar-refractivity contribution is 6.07. The predicted octanol–water partition coefficient (Wildman–Crippen LogP) is 3.09. The van der Waals surface area contributed by atoms with Gasteiger partial charge in [0.25, 0.3) is 5.91 Å². The van der Waals surface area contributed by atoms with Gasteiger partial charge in [0.1, 0.15) is 11.6 Å². The van der Waals surface area contributed by atoms with E-state index >= 15 is 0 Å². The zero-order chi connectivity index (χ0) is 21.1. The summed E-state index contributed by atoms with van der Waals surface area (Å²) in [4.78, 5) is 38.5. The number of halogens is 2. The number of nitrogens with zero attached hydrogens (tertiary/aromatic N) is 1. The van der Waals surface area contributed by atoms with Crippen LogP contribution in [0, 0.1) is 17.6 Å². The predicted molar refractivity (Wildman–Crippen MR) is 104 cm³/mol. The van der Waals surface area contributed by atoms with Gasteiger partial charge in [-0.2, -0.15) is 0 Å². The minimum atomic E-state index is -0.866. The molecule has 2 aromatic carbocycles. The number of carbonyl (C=O) groups excluding carboxylic acids is 3. The number of anilines is 2. The summed E-state index contributed by atoms with van der Waals surface area (Å²) in [5.74, 6) is -3.55. The van der Waals surface area contributed by atoms with Crippen molar-refractivity contribution in [3.63, 3.8) is 0 Å². The Morgan fingerprint density at radius 2 is 1.86 bits per heavy atom. The Bertz CT molecular complexity index is 962. The van der Waals surface area contributed by atoms with Gasteiger partial charge in [-0.3, -0.25) is 14.4 Å². The van der Waals surface area contributed by atoms with E-state index in [1.54, 1.807) is 24.3 Å². The number of para-hydroxylation sites is 1. The van der Waals surface area contributed by atoms with Gasteiger partial charge in [-0.15, -0.1) is 0 Å².